The lowest BCUT2D eigenvalue weighted by atomic mass is 9.82. The molecule has 5 nitrogen and oxygen atoms in total. The Labute approximate surface area is 217 Å². The smallest absolute Gasteiger partial charge is 0.311 e. The van der Waals surface area contributed by atoms with E-state index in [-0.39, 0.29) is 24.5 Å². The minimum atomic E-state index is -0.540. The van der Waals surface area contributed by atoms with Gasteiger partial charge in [0.15, 0.2) is 5.78 Å². The molecule has 0 saturated heterocycles. The fraction of sp³-hybridized carbons (Fsp3) is 0.548. The number of ether oxygens (including phenoxy) is 2. The molecule has 0 aliphatic heterocycles. The lowest BCUT2D eigenvalue weighted by molar-refractivity contribution is -0.155. The normalized spacial score (nSPS) is 12.7. The van der Waals surface area contributed by atoms with Gasteiger partial charge in [-0.1, -0.05) is 88.1 Å². The first kappa shape index (κ1) is 29.6. The highest BCUT2D eigenvalue weighted by Gasteiger charge is 2.29. The van der Waals surface area contributed by atoms with Crippen molar-refractivity contribution >= 4 is 11.8 Å². The molecule has 1 atom stereocenters. The molecule has 0 aromatic heterocycles. The van der Waals surface area contributed by atoms with Crippen molar-refractivity contribution in [2.75, 3.05) is 6.61 Å². The number of para-hydroxylation sites is 1. The van der Waals surface area contributed by atoms with Crippen molar-refractivity contribution in [3.8, 4) is 5.75 Å². The molecule has 36 heavy (non-hydrogen) atoms. The molecule has 0 fully saturated rings. The predicted octanol–water partition coefficient (Wildman–Crippen LogP) is 6.91. The van der Waals surface area contributed by atoms with Crippen LogP contribution < -0.4 is 4.74 Å². The van der Waals surface area contributed by atoms with Gasteiger partial charge in [-0.15, -0.1) is 0 Å². The molecule has 0 bridgehead atoms. The lowest BCUT2D eigenvalue weighted by Crippen LogP contribution is -2.29. The zero-order valence-electron chi connectivity index (χ0n) is 22.5. The van der Waals surface area contributed by atoms with Crippen LogP contribution in [0.1, 0.15) is 84.6 Å². The number of aliphatic hydroxyl groups is 1. The third-order valence-electron chi connectivity index (χ3n) is 6.81. The highest BCUT2D eigenvalue weighted by molar-refractivity contribution is 5.85. The Kier molecular flexibility index (Phi) is 12.1. The van der Waals surface area contributed by atoms with Gasteiger partial charge in [0, 0.05) is 5.41 Å². The maximum absolute atomic E-state index is 12.6. The Balaban J connectivity index is 1.56. The summed E-state index contributed by atoms with van der Waals surface area (Å²) in [5.41, 5.74) is 0.000681. The fourth-order valence-corrected chi connectivity index (χ4v) is 4.06. The van der Waals surface area contributed by atoms with Crippen LogP contribution in [0.2, 0.25) is 0 Å². The predicted molar refractivity (Wildman–Crippen MR) is 144 cm³/mol. The Hall–Kier alpha value is -2.66. The fourth-order valence-electron chi connectivity index (χ4n) is 4.06. The van der Waals surface area contributed by atoms with E-state index in [0.717, 1.165) is 56.9 Å². The monoisotopic (exact) mass is 496 g/mol. The number of benzene rings is 2. The number of Topliss-reactive ketones (excluding diaryl/α,β-unsaturated/α-hetero) is 1. The van der Waals surface area contributed by atoms with E-state index in [1.54, 1.807) is 0 Å². The van der Waals surface area contributed by atoms with Gasteiger partial charge in [-0.25, -0.2) is 0 Å². The second-order valence-electron chi connectivity index (χ2n) is 11.0. The van der Waals surface area contributed by atoms with Crippen LogP contribution in [0, 0.1) is 10.8 Å². The molecule has 0 heterocycles. The standard InChI is InChI=1S/C31H44O5/c1-30(2,28(33)24-35-27-19-9-6-10-20-27)21-13-11-17-26(32)18-12-14-22-31(3,4)29(34)36-23-25-15-7-5-8-16-25/h5-10,15-16,19-20,26,32H,11-14,17-18,21-24H2,1-4H3. The molecule has 198 valence electrons. The molecule has 1 N–H and O–H groups in total. The van der Waals surface area contributed by atoms with Gasteiger partial charge >= 0.3 is 5.97 Å². The van der Waals surface area contributed by atoms with Gasteiger partial charge in [-0.05, 0) is 57.2 Å². The third kappa shape index (κ3) is 10.9. The first-order valence-corrected chi connectivity index (χ1v) is 13.2. The van der Waals surface area contributed by atoms with Gasteiger partial charge in [0.1, 0.15) is 19.0 Å². The molecular formula is C31H44O5. The van der Waals surface area contributed by atoms with Crippen LogP contribution in [0.5, 0.6) is 5.75 Å². The van der Waals surface area contributed by atoms with Crippen LogP contribution in [0.25, 0.3) is 0 Å². The second kappa shape index (κ2) is 14.8. The third-order valence-corrected chi connectivity index (χ3v) is 6.81. The zero-order chi connectivity index (χ0) is 26.4. The highest BCUT2D eigenvalue weighted by atomic mass is 16.5. The van der Waals surface area contributed by atoms with E-state index >= 15 is 0 Å². The summed E-state index contributed by atoms with van der Waals surface area (Å²) >= 11 is 0. The molecule has 0 amide bonds. The maximum Gasteiger partial charge on any atom is 0.311 e. The highest BCUT2D eigenvalue weighted by Crippen LogP contribution is 2.28. The first-order valence-electron chi connectivity index (χ1n) is 13.2. The summed E-state index contributed by atoms with van der Waals surface area (Å²) in [7, 11) is 0. The number of carbonyl (C=O) groups is 2. The second-order valence-corrected chi connectivity index (χ2v) is 11.0. The van der Waals surface area contributed by atoms with E-state index in [9.17, 15) is 14.7 Å². The van der Waals surface area contributed by atoms with Crippen LogP contribution in [-0.4, -0.2) is 29.6 Å². The van der Waals surface area contributed by atoms with Gasteiger partial charge in [-0.2, -0.15) is 0 Å². The molecule has 2 rings (SSSR count). The summed E-state index contributed by atoms with van der Waals surface area (Å²) in [6.07, 6.45) is 6.12. The number of hydrogen-bond donors (Lipinski definition) is 1. The Morgan fingerprint density at radius 3 is 1.89 bits per heavy atom. The molecular weight excluding hydrogens is 452 g/mol. The van der Waals surface area contributed by atoms with Crippen molar-refractivity contribution in [2.45, 2.75) is 91.8 Å². The van der Waals surface area contributed by atoms with Crippen LogP contribution in [0.3, 0.4) is 0 Å². The number of unbranched alkanes of at least 4 members (excludes halogenated alkanes) is 2. The number of ketones is 1. The molecule has 2 aromatic rings. The van der Waals surface area contributed by atoms with Crippen molar-refractivity contribution in [1.82, 2.24) is 0 Å². The van der Waals surface area contributed by atoms with Gasteiger partial charge < -0.3 is 14.6 Å². The van der Waals surface area contributed by atoms with E-state index in [4.69, 9.17) is 9.47 Å². The zero-order valence-corrected chi connectivity index (χ0v) is 22.5. The molecule has 1 unspecified atom stereocenters. The largest absolute Gasteiger partial charge is 0.486 e. The summed E-state index contributed by atoms with van der Waals surface area (Å²) in [4.78, 5) is 25.1. The van der Waals surface area contributed by atoms with Crippen molar-refractivity contribution in [3.63, 3.8) is 0 Å². The molecule has 0 aliphatic rings. The summed E-state index contributed by atoms with van der Waals surface area (Å²) in [6.45, 7) is 8.15. The molecule has 0 spiro atoms. The number of carbonyl (C=O) groups excluding carboxylic acids is 2. The molecule has 5 heteroatoms. The average Bonchev–Trinajstić information content (AvgIpc) is 2.87. The minimum Gasteiger partial charge on any atom is -0.486 e. The molecule has 0 radical (unpaired) electrons. The van der Waals surface area contributed by atoms with Gasteiger partial charge in [0.2, 0.25) is 0 Å². The lowest BCUT2D eigenvalue weighted by Gasteiger charge is -2.23. The van der Waals surface area contributed by atoms with E-state index in [1.165, 1.54) is 0 Å². The minimum absolute atomic E-state index is 0.0792. The van der Waals surface area contributed by atoms with E-state index < -0.39 is 10.8 Å². The molecule has 0 saturated carbocycles. The van der Waals surface area contributed by atoms with E-state index in [2.05, 4.69) is 0 Å². The van der Waals surface area contributed by atoms with Gasteiger partial charge in [0.25, 0.3) is 0 Å². The van der Waals surface area contributed by atoms with E-state index in [1.807, 2.05) is 88.4 Å². The number of hydrogen-bond acceptors (Lipinski definition) is 5. The Bertz CT molecular complexity index is 830. The van der Waals surface area contributed by atoms with Gasteiger partial charge in [-0.3, -0.25) is 9.59 Å². The number of rotatable bonds is 17. The Morgan fingerprint density at radius 2 is 1.31 bits per heavy atom. The van der Waals surface area contributed by atoms with Crippen LogP contribution >= 0.6 is 0 Å². The molecule has 2 aromatic carbocycles. The van der Waals surface area contributed by atoms with Gasteiger partial charge in [0.05, 0.1) is 11.5 Å². The Morgan fingerprint density at radius 1 is 0.778 bits per heavy atom. The van der Waals surface area contributed by atoms with Crippen LogP contribution in [-0.2, 0) is 20.9 Å². The number of esters is 1. The quantitative estimate of drug-likeness (QED) is 0.190. The topological polar surface area (TPSA) is 72.8 Å². The molecule has 0 aliphatic carbocycles. The van der Waals surface area contributed by atoms with Crippen molar-refractivity contribution < 1.29 is 24.2 Å². The summed E-state index contributed by atoms with van der Waals surface area (Å²) in [5.74, 6) is 0.618. The van der Waals surface area contributed by atoms with Crippen molar-refractivity contribution in [2.24, 2.45) is 10.8 Å². The first-order chi connectivity index (χ1) is 17.1. The van der Waals surface area contributed by atoms with Crippen molar-refractivity contribution in [1.29, 1.82) is 0 Å². The average molecular weight is 497 g/mol. The van der Waals surface area contributed by atoms with Crippen molar-refractivity contribution in [3.05, 3.63) is 66.2 Å². The summed E-state index contributed by atoms with van der Waals surface area (Å²) in [6, 6.07) is 19.1. The summed E-state index contributed by atoms with van der Waals surface area (Å²) in [5, 5.41) is 10.4. The maximum atomic E-state index is 12.6. The van der Waals surface area contributed by atoms with Crippen LogP contribution in [0.4, 0.5) is 0 Å². The van der Waals surface area contributed by atoms with Crippen LogP contribution in [0.15, 0.2) is 60.7 Å². The number of aliphatic hydroxyl groups excluding tert-OH is 1. The summed E-state index contributed by atoms with van der Waals surface area (Å²) < 4.78 is 11.1. The van der Waals surface area contributed by atoms with E-state index in [0.29, 0.717) is 12.4 Å². The SMILES string of the molecule is CC(C)(CCCCC(O)CCCCC(C)(C)C(=O)OCc1ccccc1)C(=O)COc1ccccc1.